The van der Waals surface area contributed by atoms with Gasteiger partial charge in [0.1, 0.15) is 5.01 Å². The second kappa shape index (κ2) is 8.60. The topological polar surface area (TPSA) is 58.1 Å². The van der Waals surface area contributed by atoms with Crippen molar-refractivity contribution in [3.05, 3.63) is 35.5 Å². The number of nitrogens with zero attached hydrogens (tertiary/aromatic N) is 3. The van der Waals surface area contributed by atoms with Crippen LogP contribution in [0.15, 0.2) is 29.8 Å². The fourth-order valence-corrected chi connectivity index (χ4v) is 2.91. The van der Waals surface area contributed by atoms with Crippen molar-refractivity contribution >= 4 is 17.2 Å². The predicted octanol–water partition coefficient (Wildman–Crippen LogP) is 2.21. The molecule has 0 aromatic carbocycles. The van der Waals surface area contributed by atoms with Crippen molar-refractivity contribution in [2.45, 2.75) is 20.3 Å². The molecule has 1 N–H and O–H groups in total. The molecule has 1 amide bonds. The second-order valence-corrected chi connectivity index (χ2v) is 5.77. The lowest BCUT2D eigenvalue weighted by molar-refractivity contribution is -0.120. The summed E-state index contributed by atoms with van der Waals surface area (Å²) in [6, 6.07) is 5.73. The molecule has 2 aromatic rings. The van der Waals surface area contributed by atoms with E-state index in [4.69, 9.17) is 0 Å². The van der Waals surface area contributed by atoms with Crippen LogP contribution < -0.4 is 5.32 Å². The molecular weight excluding hydrogens is 296 g/mol. The number of rotatable bonds is 8. The number of hydrogen-bond donors (Lipinski definition) is 1. The van der Waals surface area contributed by atoms with Crippen LogP contribution in [0.4, 0.5) is 0 Å². The second-order valence-electron chi connectivity index (χ2n) is 4.91. The lowest BCUT2D eigenvalue weighted by atomic mass is 10.3. The molecule has 22 heavy (non-hydrogen) atoms. The molecule has 6 heteroatoms. The molecule has 0 aliphatic heterocycles. The lowest BCUT2D eigenvalue weighted by Gasteiger charge is -2.17. The van der Waals surface area contributed by atoms with Crippen molar-refractivity contribution in [3.8, 4) is 10.7 Å². The number of amides is 1. The van der Waals surface area contributed by atoms with Crippen LogP contribution in [-0.2, 0) is 11.2 Å². The maximum absolute atomic E-state index is 11.9. The molecule has 2 heterocycles. The van der Waals surface area contributed by atoms with Gasteiger partial charge in [-0.2, -0.15) is 0 Å². The quantitative estimate of drug-likeness (QED) is 0.811. The van der Waals surface area contributed by atoms with Crippen LogP contribution in [0.5, 0.6) is 0 Å². The van der Waals surface area contributed by atoms with E-state index in [1.54, 1.807) is 6.20 Å². The normalized spacial score (nSPS) is 10.9. The zero-order valence-electron chi connectivity index (χ0n) is 13.1. The van der Waals surface area contributed by atoms with Gasteiger partial charge in [0, 0.05) is 24.7 Å². The van der Waals surface area contributed by atoms with E-state index in [0.29, 0.717) is 13.0 Å². The molecular formula is C16H22N4OS. The van der Waals surface area contributed by atoms with Crippen molar-refractivity contribution < 1.29 is 4.79 Å². The number of likely N-dealkylation sites (N-methyl/N-ethyl adjacent to an activating group) is 1. The Labute approximate surface area is 135 Å². The summed E-state index contributed by atoms with van der Waals surface area (Å²) >= 11 is 1.52. The Morgan fingerprint density at radius 3 is 2.82 bits per heavy atom. The number of carbonyl (C=O) groups is 1. The van der Waals surface area contributed by atoms with Gasteiger partial charge < -0.3 is 10.2 Å². The van der Waals surface area contributed by atoms with E-state index in [1.807, 2.05) is 23.6 Å². The molecule has 0 aliphatic carbocycles. The first-order valence-electron chi connectivity index (χ1n) is 7.57. The molecule has 0 saturated heterocycles. The van der Waals surface area contributed by atoms with Crippen LogP contribution in [0.2, 0.25) is 0 Å². The molecule has 0 fully saturated rings. The maximum Gasteiger partial charge on any atom is 0.226 e. The smallest absolute Gasteiger partial charge is 0.226 e. The first-order valence-corrected chi connectivity index (χ1v) is 8.45. The van der Waals surface area contributed by atoms with E-state index in [1.165, 1.54) is 11.3 Å². The highest BCUT2D eigenvalue weighted by molar-refractivity contribution is 7.13. The predicted molar refractivity (Wildman–Crippen MR) is 89.8 cm³/mol. The fourth-order valence-electron chi connectivity index (χ4n) is 2.12. The van der Waals surface area contributed by atoms with Crippen molar-refractivity contribution in [1.82, 2.24) is 20.2 Å². The number of hydrogen-bond acceptors (Lipinski definition) is 5. The highest BCUT2D eigenvalue weighted by Crippen LogP contribution is 2.21. The summed E-state index contributed by atoms with van der Waals surface area (Å²) in [5, 5.41) is 5.73. The summed E-state index contributed by atoms with van der Waals surface area (Å²) in [6.45, 7) is 7.82. The summed E-state index contributed by atoms with van der Waals surface area (Å²) in [5.74, 6) is 0.0185. The number of thiazole rings is 1. The summed E-state index contributed by atoms with van der Waals surface area (Å²) in [5.41, 5.74) is 1.65. The summed E-state index contributed by atoms with van der Waals surface area (Å²) in [4.78, 5) is 23.0. The van der Waals surface area contributed by atoms with Gasteiger partial charge >= 0.3 is 0 Å². The van der Waals surface area contributed by atoms with E-state index < -0.39 is 0 Å². The van der Waals surface area contributed by atoms with E-state index in [9.17, 15) is 4.79 Å². The maximum atomic E-state index is 11.9. The summed E-state index contributed by atoms with van der Waals surface area (Å²) in [6.07, 6.45) is 2.07. The Morgan fingerprint density at radius 2 is 2.14 bits per heavy atom. The van der Waals surface area contributed by atoms with Crippen molar-refractivity contribution in [1.29, 1.82) is 0 Å². The van der Waals surface area contributed by atoms with E-state index in [-0.39, 0.29) is 5.91 Å². The SMILES string of the molecule is CCN(CC)CCNC(=O)Cc1csc(-c2ccccn2)n1. The third-order valence-electron chi connectivity index (χ3n) is 3.42. The Kier molecular flexibility index (Phi) is 6.48. The molecule has 5 nitrogen and oxygen atoms in total. The highest BCUT2D eigenvalue weighted by Gasteiger charge is 2.09. The van der Waals surface area contributed by atoms with Crippen LogP contribution in [0.25, 0.3) is 10.7 Å². The minimum Gasteiger partial charge on any atom is -0.354 e. The average Bonchev–Trinajstić information content (AvgIpc) is 3.01. The minimum absolute atomic E-state index is 0.0185. The third kappa shape index (κ3) is 4.89. The standard InChI is InChI=1S/C16H22N4OS/c1-3-20(4-2)10-9-18-15(21)11-13-12-22-16(19-13)14-7-5-6-8-17-14/h5-8,12H,3-4,9-11H2,1-2H3,(H,18,21). The van der Waals surface area contributed by atoms with Crippen LogP contribution in [0.1, 0.15) is 19.5 Å². The zero-order valence-corrected chi connectivity index (χ0v) is 13.9. The van der Waals surface area contributed by atoms with Gasteiger partial charge in [0.25, 0.3) is 0 Å². The van der Waals surface area contributed by atoms with Gasteiger partial charge in [-0.1, -0.05) is 19.9 Å². The molecule has 118 valence electrons. The van der Waals surface area contributed by atoms with Gasteiger partial charge in [-0.15, -0.1) is 11.3 Å². The van der Waals surface area contributed by atoms with E-state index in [0.717, 1.165) is 36.0 Å². The molecule has 2 rings (SSSR count). The average molecular weight is 318 g/mol. The summed E-state index contributed by atoms with van der Waals surface area (Å²) in [7, 11) is 0. The largest absolute Gasteiger partial charge is 0.354 e. The highest BCUT2D eigenvalue weighted by atomic mass is 32.1. The van der Waals surface area contributed by atoms with Crippen molar-refractivity contribution in [2.24, 2.45) is 0 Å². The molecule has 0 bridgehead atoms. The number of aromatic nitrogens is 2. The molecule has 0 radical (unpaired) electrons. The summed E-state index contributed by atoms with van der Waals surface area (Å²) < 4.78 is 0. The van der Waals surface area contributed by atoms with Gasteiger partial charge in [-0.25, -0.2) is 4.98 Å². The molecule has 0 unspecified atom stereocenters. The Balaban J connectivity index is 1.81. The first kappa shape index (κ1) is 16.6. The van der Waals surface area contributed by atoms with Gasteiger partial charge in [0.05, 0.1) is 17.8 Å². The van der Waals surface area contributed by atoms with E-state index >= 15 is 0 Å². The van der Waals surface area contributed by atoms with E-state index in [2.05, 4.69) is 34.0 Å². The zero-order chi connectivity index (χ0) is 15.8. The van der Waals surface area contributed by atoms with Crippen molar-refractivity contribution in [3.63, 3.8) is 0 Å². The number of nitrogens with one attached hydrogen (secondary N) is 1. The Bertz CT molecular complexity index is 581. The Hall–Kier alpha value is -1.79. The molecule has 0 saturated carbocycles. The third-order valence-corrected chi connectivity index (χ3v) is 4.34. The molecule has 2 aromatic heterocycles. The van der Waals surface area contributed by atoms with Gasteiger partial charge in [0.2, 0.25) is 5.91 Å². The van der Waals surface area contributed by atoms with Crippen molar-refractivity contribution in [2.75, 3.05) is 26.2 Å². The van der Waals surface area contributed by atoms with Crippen LogP contribution in [0.3, 0.4) is 0 Å². The monoisotopic (exact) mass is 318 g/mol. The molecule has 0 spiro atoms. The number of carbonyl (C=O) groups excluding carboxylic acids is 1. The lowest BCUT2D eigenvalue weighted by Crippen LogP contribution is -2.35. The fraction of sp³-hybridized carbons (Fsp3) is 0.438. The van der Waals surface area contributed by atoms with Gasteiger partial charge in [-0.05, 0) is 25.2 Å². The van der Waals surface area contributed by atoms with Crippen LogP contribution in [0, 0.1) is 0 Å². The molecule has 0 atom stereocenters. The number of pyridine rings is 1. The first-order chi connectivity index (χ1) is 10.7. The molecule has 0 aliphatic rings. The van der Waals surface area contributed by atoms with Gasteiger partial charge in [0.15, 0.2) is 0 Å². The van der Waals surface area contributed by atoms with Gasteiger partial charge in [-0.3, -0.25) is 9.78 Å². The minimum atomic E-state index is 0.0185. The van der Waals surface area contributed by atoms with Crippen LogP contribution >= 0.6 is 11.3 Å². The Morgan fingerprint density at radius 1 is 1.32 bits per heavy atom. The van der Waals surface area contributed by atoms with Crippen LogP contribution in [-0.4, -0.2) is 47.0 Å².